The Morgan fingerprint density at radius 1 is 1.45 bits per heavy atom. The van der Waals surface area contributed by atoms with Gasteiger partial charge < -0.3 is 10.2 Å². The SMILES string of the molecule is Cc1nn(C)cc1C(=O)N1CCNCC1c1cccc(F)c1. The number of nitrogens with zero attached hydrogens (tertiary/aromatic N) is 3. The number of amides is 1. The highest BCUT2D eigenvalue weighted by Crippen LogP contribution is 2.25. The smallest absolute Gasteiger partial charge is 0.257 e. The van der Waals surface area contributed by atoms with Crippen LogP contribution in [-0.2, 0) is 7.05 Å². The summed E-state index contributed by atoms with van der Waals surface area (Å²) in [4.78, 5) is 14.7. The summed E-state index contributed by atoms with van der Waals surface area (Å²) in [6.45, 7) is 3.77. The number of carbonyl (C=O) groups is 1. The highest BCUT2D eigenvalue weighted by Gasteiger charge is 2.30. The van der Waals surface area contributed by atoms with Gasteiger partial charge in [0.1, 0.15) is 5.82 Å². The second kappa shape index (κ2) is 5.88. The second-order valence-corrected chi connectivity index (χ2v) is 5.58. The Morgan fingerprint density at radius 3 is 2.95 bits per heavy atom. The van der Waals surface area contributed by atoms with Crippen molar-refractivity contribution in [2.45, 2.75) is 13.0 Å². The normalized spacial score (nSPS) is 18.5. The van der Waals surface area contributed by atoms with Crippen molar-refractivity contribution < 1.29 is 9.18 Å². The van der Waals surface area contributed by atoms with Crippen LogP contribution in [0.15, 0.2) is 30.5 Å². The lowest BCUT2D eigenvalue weighted by molar-refractivity contribution is 0.0633. The molecule has 1 fully saturated rings. The van der Waals surface area contributed by atoms with Gasteiger partial charge >= 0.3 is 0 Å². The molecule has 0 saturated carbocycles. The minimum Gasteiger partial charge on any atom is -0.329 e. The standard InChI is InChI=1S/C16H19FN4O/c1-11-14(10-20(2)19-11)16(22)21-7-6-18-9-15(21)12-4-3-5-13(17)8-12/h3-5,8,10,15,18H,6-7,9H2,1-2H3. The van der Waals surface area contributed by atoms with Gasteiger partial charge in [0.15, 0.2) is 0 Å². The van der Waals surface area contributed by atoms with Gasteiger partial charge in [-0.25, -0.2) is 4.39 Å². The van der Waals surface area contributed by atoms with Crippen LogP contribution in [0.4, 0.5) is 4.39 Å². The molecule has 1 aromatic carbocycles. The molecule has 1 aliphatic heterocycles. The molecule has 0 aliphatic carbocycles. The molecular formula is C16H19FN4O. The Kier molecular flexibility index (Phi) is 3.94. The number of hydrogen-bond donors (Lipinski definition) is 1. The number of carbonyl (C=O) groups excluding carboxylic acids is 1. The maximum absolute atomic E-state index is 13.5. The zero-order valence-electron chi connectivity index (χ0n) is 12.7. The van der Waals surface area contributed by atoms with Gasteiger partial charge in [0.05, 0.1) is 17.3 Å². The minimum atomic E-state index is -0.284. The van der Waals surface area contributed by atoms with Crippen molar-refractivity contribution in [3.63, 3.8) is 0 Å². The van der Waals surface area contributed by atoms with Crippen LogP contribution < -0.4 is 5.32 Å². The quantitative estimate of drug-likeness (QED) is 0.918. The van der Waals surface area contributed by atoms with E-state index in [1.54, 1.807) is 28.9 Å². The Bertz CT molecular complexity index is 697. The summed E-state index contributed by atoms with van der Waals surface area (Å²) in [6, 6.07) is 6.27. The van der Waals surface area contributed by atoms with Crippen molar-refractivity contribution in [1.29, 1.82) is 0 Å². The summed E-state index contributed by atoms with van der Waals surface area (Å²) >= 11 is 0. The summed E-state index contributed by atoms with van der Waals surface area (Å²) in [6.07, 6.45) is 1.74. The zero-order valence-corrected chi connectivity index (χ0v) is 12.7. The lowest BCUT2D eigenvalue weighted by atomic mass is 10.0. The molecule has 116 valence electrons. The summed E-state index contributed by atoms with van der Waals surface area (Å²) < 4.78 is 15.1. The van der Waals surface area contributed by atoms with E-state index in [0.717, 1.165) is 12.1 Å². The Labute approximate surface area is 128 Å². The third kappa shape index (κ3) is 2.74. The number of hydrogen-bond acceptors (Lipinski definition) is 3. The van der Waals surface area contributed by atoms with Crippen LogP contribution in [0.3, 0.4) is 0 Å². The molecule has 1 saturated heterocycles. The van der Waals surface area contributed by atoms with Gasteiger partial charge in [-0.15, -0.1) is 0 Å². The minimum absolute atomic E-state index is 0.0543. The van der Waals surface area contributed by atoms with Crippen LogP contribution in [0.1, 0.15) is 27.7 Å². The van der Waals surface area contributed by atoms with Gasteiger partial charge in [0.2, 0.25) is 0 Å². The molecule has 1 unspecified atom stereocenters. The van der Waals surface area contributed by atoms with Crippen molar-refractivity contribution in [2.24, 2.45) is 7.05 Å². The summed E-state index contributed by atoms with van der Waals surface area (Å²) in [5.41, 5.74) is 2.12. The van der Waals surface area contributed by atoms with Crippen LogP contribution in [-0.4, -0.2) is 40.2 Å². The van der Waals surface area contributed by atoms with E-state index in [2.05, 4.69) is 10.4 Å². The van der Waals surface area contributed by atoms with Gasteiger partial charge in [0.25, 0.3) is 5.91 Å². The first kappa shape index (κ1) is 14.7. The highest BCUT2D eigenvalue weighted by atomic mass is 19.1. The van der Waals surface area contributed by atoms with Crippen LogP contribution in [0, 0.1) is 12.7 Å². The molecule has 0 spiro atoms. The van der Waals surface area contributed by atoms with E-state index in [1.165, 1.54) is 12.1 Å². The number of rotatable bonds is 2. The monoisotopic (exact) mass is 302 g/mol. The van der Waals surface area contributed by atoms with E-state index in [1.807, 2.05) is 13.0 Å². The van der Waals surface area contributed by atoms with Gasteiger partial charge in [-0.1, -0.05) is 12.1 Å². The van der Waals surface area contributed by atoms with Crippen molar-refractivity contribution in [3.8, 4) is 0 Å². The van der Waals surface area contributed by atoms with Crippen LogP contribution in [0.2, 0.25) is 0 Å². The molecule has 1 aliphatic rings. The van der Waals surface area contributed by atoms with Crippen molar-refractivity contribution in [3.05, 3.63) is 53.1 Å². The summed E-state index contributed by atoms with van der Waals surface area (Å²) in [5.74, 6) is -0.339. The molecule has 3 rings (SSSR count). The van der Waals surface area contributed by atoms with E-state index in [0.29, 0.717) is 24.3 Å². The van der Waals surface area contributed by atoms with E-state index >= 15 is 0 Å². The molecule has 0 bridgehead atoms. The third-order valence-corrected chi connectivity index (χ3v) is 3.98. The Hall–Kier alpha value is -2.21. The molecule has 1 aromatic heterocycles. The maximum atomic E-state index is 13.5. The average Bonchev–Trinajstić information content (AvgIpc) is 2.85. The second-order valence-electron chi connectivity index (χ2n) is 5.58. The zero-order chi connectivity index (χ0) is 15.7. The number of nitrogens with one attached hydrogen (secondary N) is 1. The number of benzene rings is 1. The first-order valence-electron chi connectivity index (χ1n) is 7.33. The van der Waals surface area contributed by atoms with Gasteiger partial charge in [0, 0.05) is 32.9 Å². The van der Waals surface area contributed by atoms with Crippen LogP contribution in [0.5, 0.6) is 0 Å². The van der Waals surface area contributed by atoms with Crippen molar-refractivity contribution in [2.75, 3.05) is 19.6 Å². The van der Waals surface area contributed by atoms with Crippen molar-refractivity contribution >= 4 is 5.91 Å². The highest BCUT2D eigenvalue weighted by molar-refractivity contribution is 5.95. The maximum Gasteiger partial charge on any atom is 0.257 e. The lowest BCUT2D eigenvalue weighted by Gasteiger charge is -2.36. The fourth-order valence-corrected chi connectivity index (χ4v) is 2.92. The predicted octanol–water partition coefficient (Wildman–Crippen LogP) is 1.65. The molecular weight excluding hydrogens is 283 g/mol. The number of aromatic nitrogens is 2. The van der Waals surface area contributed by atoms with E-state index < -0.39 is 0 Å². The summed E-state index contributed by atoms with van der Waals surface area (Å²) in [5, 5.41) is 7.50. The number of halogens is 1. The topological polar surface area (TPSA) is 50.2 Å². The first-order valence-corrected chi connectivity index (χ1v) is 7.33. The first-order chi connectivity index (χ1) is 10.6. The van der Waals surface area contributed by atoms with E-state index in [4.69, 9.17) is 0 Å². The van der Waals surface area contributed by atoms with Gasteiger partial charge in [-0.2, -0.15) is 5.10 Å². The van der Waals surface area contributed by atoms with Crippen molar-refractivity contribution in [1.82, 2.24) is 20.0 Å². The molecule has 1 N–H and O–H groups in total. The Balaban J connectivity index is 1.92. The number of piperazine rings is 1. The largest absolute Gasteiger partial charge is 0.329 e. The lowest BCUT2D eigenvalue weighted by Crippen LogP contribution is -2.48. The fraction of sp³-hybridized carbons (Fsp3) is 0.375. The molecule has 6 heteroatoms. The van der Waals surface area contributed by atoms with E-state index in [-0.39, 0.29) is 17.8 Å². The fourth-order valence-electron chi connectivity index (χ4n) is 2.92. The molecule has 5 nitrogen and oxygen atoms in total. The molecule has 22 heavy (non-hydrogen) atoms. The molecule has 2 aromatic rings. The number of aryl methyl sites for hydroxylation is 2. The Morgan fingerprint density at radius 2 is 2.27 bits per heavy atom. The molecule has 2 heterocycles. The summed E-state index contributed by atoms with van der Waals surface area (Å²) in [7, 11) is 1.80. The average molecular weight is 302 g/mol. The molecule has 0 radical (unpaired) electrons. The van der Waals surface area contributed by atoms with Crippen LogP contribution >= 0.6 is 0 Å². The van der Waals surface area contributed by atoms with Gasteiger partial charge in [-0.05, 0) is 24.6 Å². The van der Waals surface area contributed by atoms with Crippen LogP contribution in [0.25, 0.3) is 0 Å². The third-order valence-electron chi connectivity index (χ3n) is 3.98. The molecule has 1 atom stereocenters. The van der Waals surface area contributed by atoms with E-state index in [9.17, 15) is 9.18 Å². The predicted molar refractivity (Wildman–Crippen MR) is 81.0 cm³/mol. The van der Waals surface area contributed by atoms with Gasteiger partial charge in [-0.3, -0.25) is 9.48 Å². The molecule has 1 amide bonds.